The molecule has 1 aliphatic rings. The third kappa shape index (κ3) is 2.32. The minimum atomic E-state index is 0.346. The second kappa shape index (κ2) is 3.38. The highest BCUT2D eigenvalue weighted by Crippen LogP contribution is 2.31. The van der Waals surface area contributed by atoms with Crippen molar-refractivity contribution in [3.05, 3.63) is 0 Å². The molecule has 0 bridgehead atoms. The number of Topliss-reactive ketones (excluding diaryl/α,β-unsaturated/α-hetero) is 1. The highest BCUT2D eigenvalue weighted by molar-refractivity contribution is 5.82. The highest BCUT2D eigenvalue weighted by Gasteiger charge is 2.28. The lowest BCUT2D eigenvalue weighted by Crippen LogP contribution is -1.99. The molecule has 0 radical (unpaired) electrons. The predicted molar refractivity (Wildman–Crippen MR) is 46.4 cm³/mol. The van der Waals surface area contributed by atoms with E-state index in [0.29, 0.717) is 17.6 Å². The van der Waals surface area contributed by atoms with Crippen LogP contribution in [0.15, 0.2) is 0 Å². The van der Waals surface area contributed by atoms with E-state index in [0.717, 1.165) is 18.8 Å². The third-order valence-electron chi connectivity index (χ3n) is 2.53. The Morgan fingerprint density at radius 3 is 2.55 bits per heavy atom. The first-order chi connectivity index (χ1) is 5.09. The minimum Gasteiger partial charge on any atom is -0.299 e. The molecule has 11 heavy (non-hydrogen) atoms. The summed E-state index contributed by atoms with van der Waals surface area (Å²) in [6, 6.07) is 0. The Balaban J connectivity index is 2.35. The van der Waals surface area contributed by atoms with Gasteiger partial charge >= 0.3 is 0 Å². The van der Waals surface area contributed by atoms with Crippen molar-refractivity contribution < 1.29 is 4.79 Å². The maximum Gasteiger partial charge on any atom is 0.135 e. The molecule has 2 atom stereocenters. The SMILES string of the molecule is CC(C)CC1CC(=O)C(C)C1. The number of hydrogen-bond donors (Lipinski definition) is 0. The van der Waals surface area contributed by atoms with Gasteiger partial charge in [-0.15, -0.1) is 0 Å². The smallest absolute Gasteiger partial charge is 0.135 e. The first-order valence-corrected chi connectivity index (χ1v) is 4.62. The van der Waals surface area contributed by atoms with E-state index in [1.807, 2.05) is 0 Å². The fourth-order valence-corrected chi connectivity index (χ4v) is 2.05. The van der Waals surface area contributed by atoms with E-state index in [1.165, 1.54) is 6.42 Å². The number of hydrogen-bond acceptors (Lipinski definition) is 1. The number of carbonyl (C=O) groups excluding carboxylic acids is 1. The van der Waals surface area contributed by atoms with Gasteiger partial charge in [-0.2, -0.15) is 0 Å². The summed E-state index contributed by atoms with van der Waals surface area (Å²) in [5.74, 6) is 2.27. The van der Waals surface area contributed by atoms with E-state index >= 15 is 0 Å². The van der Waals surface area contributed by atoms with Gasteiger partial charge in [-0.25, -0.2) is 0 Å². The molecule has 0 amide bonds. The molecule has 64 valence electrons. The molecule has 1 nitrogen and oxygen atoms in total. The van der Waals surface area contributed by atoms with Crippen LogP contribution in [0, 0.1) is 17.8 Å². The molecule has 1 saturated carbocycles. The maximum atomic E-state index is 11.2. The van der Waals surface area contributed by atoms with E-state index in [9.17, 15) is 4.79 Å². The largest absolute Gasteiger partial charge is 0.299 e. The van der Waals surface area contributed by atoms with Gasteiger partial charge in [0.2, 0.25) is 0 Å². The van der Waals surface area contributed by atoms with Gasteiger partial charge in [-0.05, 0) is 24.7 Å². The lowest BCUT2D eigenvalue weighted by atomic mass is 9.95. The van der Waals surface area contributed by atoms with Crippen molar-refractivity contribution in [2.24, 2.45) is 17.8 Å². The summed E-state index contributed by atoms with van der Waals surface area (Å²) in [6.45, 7) is 6.52. The zero-order chi connectivity index (χ0) is 8.43. The standard InChI is InChI=1S/C10H18O/c1-7(2)4-9-5-8(3)10(11)6-9/h7-9H,4-6H2,1-3H3. The van der Waals surface area contributed by atoms with Gasteiger partial charge in [-0.1, -0.05) is 20.8 Å². The third-order valence-corrected chi connectivity index (χ3v) is 2.53. The zero-order valence-corrected chi connectivity index (χ0v) is 7.76. The van der Waals surface area contributed by atoms with E-state index in [1.54, 1.807) is 0 Å². The Morgan fingerprint density at radius 1 is 1.55 bits per heavy atom. The fourth-order valence-electron chi connectivity index (χ4n) is 2.05. The van der Waals surface area contributed by atoms with Crippen LogP contribution >= 0.6 is 0 Å². The summed E-state index contributed by atoms with van der Waals surface area (Å²) >= 11 is 0. The van der Waals surface area contributed by atoms with Crippen LogP contribution in [-0.2, 0) is 4.79 Å². The molecule has 0 N–H and O–H groups in total. The van der Waals surface area contributed by atoms with Gasteiger partial charge in [0.1, 0.15) is 5.78 Å². The van der Waals surface area contributed by atoms with E-state index in [2.05, 4.69) is 20.8 Å². The van der Waals surface area contributed by atoms with Gasteiger partial charge in [0.15, 0.2) is 0 Å². The monoisotopic (exact) mass is 154 g/mol. The number of rotatable bonds is 2. The van der Waals surface area contributed by atoms with Crippen LogP contribution in [0.2, 0.25) is 0 Å². The summed E-state index contributed by atoms with van der Waals surface area (Å²) < 4.78 is 0. The molecule has 0 aromatic rings. The van der Waals surface area contributed by atoms with Crippen LogP contribution in [0.3, 0.4) is 0 Å². The van der Waals surface area contributed by atoms with Crippen molar-refractivity contribution >= 4 is 5.78 Å². The summed E-state index contributed by atoms with van der Waals surface area (Å²) in [7, 11) is 0. The second-order valence-corrected chi connectivity index (χ2v) is 4.30. The molecule has 0 spiro atoms. The molecule has 1 aliphatic carbocycles. The van der Waals surface area contributed by atoms with Crippen molar-refractivity contribution in [2.45, 2.75) is 40.0 Å². The molecule has 0 saturated heterocycles. The van der Waals surface area contributed by atoms with Gasteiger partial charge < -0.3 is 0 Å². The Morgan fingerprint density at radius 2 is 2.18 bits per heavy atom. The normalized spacial score (nSPS) is 31.8. The lowest BCUT2D eigenvalue weighted by Gasteiger charge is -2.10. The summed E-state index contributed by atoms with van der Waals surface area (Å²) in [6.07, 6.45) is 3.21. The molecular weight excluding hydrogens is 136 g/mol. The number of carbonyl (C=O) groups is 1. The van der Waals surface area contributed by atoms with Crippen LogP contribution in [0.4, 0.5) is 0 Å². The topological polar surface area (TPSA) is 17.1 Å². The predicted octanol–water partition coefficient (Wildman–Crippen LogP) is 2.65. The fraction of sp³-hybridized carbons (Fsp3) is 0.900. The van der Waals surface area contributed by atoms with Crippen molar-refractivity contribution in [3.63, 3.8) is 0 Å². The Hall–Kier alpha value is -0.330. The van der Waals surface area contributed by atoms with Crippen LogP contribution in [0.5, 0.6) is 0 Å². The van der Waals surface area contributed by atoms with Gasteiger partial charge in [0, 0.05) is 12.3 Å². The molecule has 2 unspecified atom stereocenters. The summed E-state index contributed by atoms with van der Waals surface area (Å²) in [4.78, 5) is 11.2. The molecule has 0 aliphatic heterocycles. The first-order valence-electron chi connectivity index (χ1n) is 4.62. The lowest BCUT2D eigenvalue weighted by molar-refractivity contribution is -0.120. The highest BCUT2D eigenvalue weighted by atomic mass is 16.1. The van der Waals surface area contributed by atoms with Crippen molar-refractivity contribution in [2.75, 3.05) is 0 Å². The van der Waals surface area contributed by atoms with Gasteiger partial charge in [0.25, 0.3) is 0 Å². The minimum absolute atomic E-state index is 0.346. The van der Waals surface area contributed by atoms with Crippen LogP contribution < -0.4 is 0 Å². The van der Waals surface area contributed by atoms with E-state index < -0.39 is 0 Å². The molecule has 1 rings (SSSR count). The average molecular weight is 154 g/mol. The van der Waals surface area contributed by atoms with Crippen LogP contribution in [0.1, 0.15) is 40.0 Å². The molecule has 0 aromatic heterocycles. The van der Waals surface area contributed by atoms with Crippen LogP contribution in [-0.4, -0.2) is 5.78 Å². The van der Waals surface area contributed by atoms with Gasteiger partial charge in [0.05, 0.1) is 0 Å². The summed E-state index contributed by atoms with van der Waals surface area (Å²) in [5, 5.41) is 0. The molecule has 0 heterocycles. The zero-order valence-electron chi connectivity index (χ0n) is 7.76. The van der Waals surface area contributed by atoms with Crippen molar-refractivity contribution in [1.82, 2.24) is 0 Å². The quantitative estimate of drug-likeness (QED) is 0.597. The molecule has 1 heteroatoms. The van der Waals surface area contributed by atoms with E-state index in [-0.39, 0.29) is 0 Å². The first kappa shape index (κ1) is 8.76. The molecular formula is C10H18O. The Kier molecular flexibility index (Phi) is 2.69. The van der Waals surface area contributed by atoms with Crippen LogP contribution in [0.25, 0.3) is 0 Å². The number of ketones is 1. The Bertz CT molecular complexity index is 149. The maximum absolute atomic E-state index is 11.2. The van der Waals surface area contributed by atoms with Gasteiger partial charge in [-0.3, -0.25) is 4.79 Å². The van der Waals surface area contributed by atoms with E-state index in [4.69, 9.17) is 0 Å². The average Bonchev–Trinajstić information content (AvgIpc) is 2.10. The van der Waals surface area contributed by atoms with Crippen molar-refractivity contribution in [1.29, 1.82) is 0 Å². The Labute approximate surface area is 69.2 Å². The summed E-state index contributed by atoms with van der Waals surface area (Å²) in [5.41, 5.74) is 0. The molecule has 1 fully saturated rings. The second-order valence-electron chi connectivity index (χ2n) is 4.30. The van der Waals surface area contributed by atoms with Crippen molar-refractivity contribution in [3.8, 4) is 0 Å². The molecule has 0 aromatic carbocycles.